The van der Waals surface area contributed by atoms with Crippen LogP contribution in [0.3, 0.4) is 0 Å². The first-order chi connectivity index (χ1) is 16.4. The predicted octanol–water partition coefficient (Wildman–Crippen LogP) is 3.88. The third kappa shape index (κ3) is 4.73. The first-order valence-corrected chi connectivity index (χ1v) is 10.8. The molecule has 3 aromatic rings. The number of aliphatic carboxylic acids is 1. The average molecular weight is 481 g/mol. The van der Waals surface area contributed by atoms with Crippen molar-refractivity contribution in [2.75, 3.05) is 18.5 Å². The minimum absolute atomic E-state index is 0.0537. The Labute approximate surface area is 200 Å². The molecular weight excluding hydrogens is 460 g/mol. The van der Waals surface area contributed by atoms with Gasteiger partial charge in [0.2, 0.25) is 0 Å². The third-order valence-electron chi connectivity index (χ3n) is 5.59. The number of hydrogen-bond donors (Lipinski definition) is 4. The fourth-order valence-corrected chi connectivity index (χ4v) is 4.10. The summed E-state index contributed by atoms with van der Waals surface area (Å²) >= 11 is 6.15. The van der Waals surface area contributed by atoms with Crippen LogP contribution in [0.25, 0.3) is 11.1 Å². The van der Waals surface area contributed by atoms with Crippen LogP contribution in [-0.4, -0.2) is 47.4 Å². The standard InChI is InChI=1S/C25H21ClN2O6/c26-20-10-9-14(23(30)27-22(12-29)24(31)32)11-21(20)28-25(33)34-13-19-17-7-3-1-5-15(17)16-6-2-4-8-18(16)19/h1-11,19,22,29H,12-13H2,(H,27,30)(H,28,33)(H,31,32)/t22-/m0/s1. The molecule has 174 valence electrons. The number of nitrogens with one attached hydrogen (secondary N) is 2. The molecule has 0 aliphatic heterocycles. The van der Waals surface area contributed by atoms with E-state index in [0.29, 0.717) is 0 Å². The quantitative estimate of drug-likeness (QED) is 0.407. The highest BCUT2D eigenvalue weighted by atomic mass is 35.5. The zero-order chi connectivity index (χ0) is 24.2. The van der Waals surface area contributed by atoms with Crippen LogP contribution >= 0.6 is 11.6 Å². The first-order valence-electron chi connectivity index (χ1n) is 10.4. The molecule has 0 radical (unpaired) electrons. The summed E-state index contributed by atoms with van der Waals surface area (Å²) in [5.41, 5.74) is 4.54. The highest BCUT2D eigenvalue weighted by Crippen LogP contribution is 2.44. The molecule has 0 fully saturated rings. The summed E-state index contributed by atoms with van der Waals surface area (Å²) in [5.74, 6) is -2.23. The molecule has 4 N–H and O–H groups in total. The molecule has 9 heteroatoms. The molecule has 3 aromatic carbocycles. The summed E-state index contributed by atoms with van der Waals surface area (Å²) in [6, 6.07) is 18.5. The monoisotopic (exact) mass is 480 g/mol. The van der Waals surface area contributed by atoms with Crippen molar-refractivity contribution in [2.45, 2.75) is 12.0 Å². The molecule has 0 bridgehead atoms. The Morgan fingerprint density at radius 3 is 2.18 bits per heavy atom. The Hall–Kier alpha value is -3.88. The van der Waals surface area contributed by atoms with E-state index in [9.17, 15) is 14.4 Å². The van der Waals surface area contributed by atoms with E-state index in [1.165, 1.54) is 18.2 Å². The van der Waals surface area contributed by atoms with Gasteiger partial charge in [-0.25, -0.2) is 9.59 Å². The number of carbonyl (C=O) groups is 3. The van der Waals surface area contributed by atoms with Gasteiger partial charge in [0.15, 0.2) is 6.04 Å². The van der Waals surface area contributed by atoms with Crippen LogP contribution in [0.2, 0.25) is 5.02 Å². The summed E-state index contributed by atoms with van der Waals surface area (Å²) in [5, 5.41) is 23.0. The summed E-state index contributed by atoms with van der Waals surface area (Å²) in [7, 11) is 0. The fourth-order valence-electron chi connectivity index (χ4n) is 3.93. The fraction of sp³-hybridized carbons (Fsp3) is 0.160. The number of carbonyl (C=O) groups excluding carboxylic acids is 2. The Morgan fingerprint density at radius 1 is 0.971 bits per heavy atom. The number of carboxylic acid groups (broad SMARTS) is 1. The number of ether oxygens (including phenoxy) is 1. The summed E-state index contributed by atoms with van der Waals surface area (Å²) in [6.45, 7) is -0.659. The second-order valence-electron chi connectivity index (χ2n) is 7.69. The van der Waals surface area contributed by atoms with Gasteiger partial charge in [0.1, 0.15) is 6.61 Å². The molecule has 2 amide bonds. The maximum atomic E-state index is 12.5. The number of fused-ring (bicyclic) bond motifs is 3. The second-order valence-corrected chi connectivity index (χ2v) is 8.10. The summed E-state index contributed by atoms with van der Waals surface area (Å²) in [6.07, 6.45) is -0.750. The number of aliphatic hydroxyl groups is 1. The maximum Gasteiger partial charge on any atom is 0.411 e. The van der Waals surface area contributed by atoms with Crippen LogP contribution < -0.4 is 10.6 Å². The molecule has 8 nitrogen and oxygen atoms in total. The molecule has 1 aliphatic rings. The third-order valence-corrected chi connectivity index (χ3v) is 5.92. The van der Waals surface area contributed by atoms with Crippen LogP contribution in [0, 0.1) is 0 Å². The van der Waals surface area contributed by atoms with E-state index in [0.717, 1.165) is 22.3 Å². The van der Waals surface area contributed by atoms with Gasteiger partial charge >= 0.3 is 12.1 Å². The van der Waals surface area contributed by atoms with Crippen molar-refractivity contribution < 1.29 is 29.3 Å². The van der Waals surface area contributed by atoms with E-state index in [4.69, 9.17) is 26.6 Å². The number of anilines is 1. The van der Waals surface area contributed by atoms with Gasteiger partial charge < -0.3 is 20.3 Å². The molecular formula is C25H21ClN2O6. The topological polar surface area (TPSA) is 125 Å². The van der Waals surface area contributed by atoms with Gasteiger partial charge in [-0.3, -0.25) is 10.1 Å². The molecule has 0 saturated heterocycles. The number of hydrogen-bond acceptors (Lipinski definition) is 5. The van der Waals surface area contributed by atoms with E-state index in [1.54, 1.807) is 0 Å². The molecule has 0 heterocycles. The highest BCUT2D eigenvalue weighted by Gasteiger charge is 2.29. The van der Waals surface area contributed by atoms with Gasteiger partial charge in [-0.1, -0.05) is 60.1 Å². The zero-order valence-electron chi connectivity index (χ0n) is 17.8. The van der Waals surface area contributed by atoms with Crippen molar-refractivity contribution in [2.24, 2.45) is 0 Å². The van der Waals surface area contributed by atoms with Gasteiger partial charge in [0.25, 0.3) is 5.91 Å². The lowest BCUT2D eigenvalue weighted by Gasteiger charge is -2.15. The molecule has 1 aliphatic carbocycles. The number of halogens is 1. The lowest BCUT2D eigenvalue weighted by molar-refractivity contribution is -0.140. The summed E-state index contributed by atoms with van der Waals surface area (Å²) in [4.78, 5) is 35.9. The molecule has 0 aromatic heterocycles. The molecule has 0 saturated carbocycles. The van der Waals surface area contributed by atoms with E-state index in [2.05, 4.69) is 10.6 Å². The largest absolute Gasteiger partial charge is 0.480 e. The van der Waals surface area contributed by atoms with Crippen LogP contribution in [0.1, 0.15) is 27.4 Å². The zero-order valence-corrected chi connectivity index (χ0v) is 18.6. The SMILES string of the molecule is O=C(Nc1cc(C(=O)N[C@@H](CO)C(=O)O)ccc1Cl)OCC1c2ccccc2-c2ccccc21. The van der Waals surface area contributed by atoms with Gasteiger partial charge in [-0.15, -0.1) is 0 Å². The van der Waals surface area contributed by atoms with Crippen LogP contribution in [0.5, 0.6) is 0 Å². The number of amides is 2. The molecule has 0 spiro atoms. The number of carboxylic acids is 1. The van der Waals surface area contributed by atoms with Crippen molar-refractivity contribution >= 4 is 35.3 Å². The van der Waals surface area contributed by atoms with Crippen molar-refractivity contribution in [1.82, 2.24) is 5.32 Å². The van der Waals surface area contributed by atoms with Gasteiger partial charge in [0.05, 0.1) is 17.3 Å². The Bertz CT molecular complexity index is 1220. The number of aliphatic hydroxyl groups excluding tert-OH is 1. The Balaban J connectivity index is 1.44. The van der Waals surface area contributed by atoms with Crippen LogP contribution in [0.4, 0.5) is 10.5 Å². The van der Waals surface area contributed by atoms with Crippen molar-refractivity contribution in [3.8, 4) is 11.1 Å². The van der Waals surface area contributed by atoms with Crippen LogP contribution in [0.15, 0.2) is 66.7 Å². The van der Waals surface area contributed by atoms with Gasteiger partial charge in [0, 0.05) is 11.5 Å². The van der Waals surface area contributed by atoms with Crippen LogP contribution in [-0.2, 0) is 9.53 Å². The second kappa shape index (κ2) is 9.94. The van der Waals surface area contributed by atoms with Gasteiger partial charge in [-0.05, 0) is 40.5 Å². The normalized spacial score (nSPS) is 12.9. The lowest BCUT2D eigenvalue weighted by Crippen LogP contribution is -2.43. The van der Waals surface area contributed by atoms with Crippen molar-refractivity contribution in [1.29, 1.82) is 0 Å². The minimum Gasteiger partial charge on any atom is -0.480 e. The molecule has 34 heavy (non-hydrogen) atoms. The maximum absolute atomic E-state index is 12.5. The molecule has 4 rings (SSSR count). The smallest absolute Gasteiger partial charge is 0.411 e. The minimum atomic E-state index is -1.46. The van der Waals surface area contributed by atoms with Crippen molar-refractivity contribution in [3.63, 3.8) is 0 Å². The first kappa shape index (κ1) is 23.3. The Kier molecular flexibility index (Phi) is 6.81. The Morgan fingerprint density at radius 2 is 1.59 bits per heavy atom. The summed E-state index contributed by atoms with van der Waals surface area (Å²) < 4.78 is 5.49. The average Bonchev–Trinajstić information content (AvgIpc) is 3.16. The van der Waals surface area contributed by atoms with E-state index < -0.39 is 30.6 Å². The molecule has 1 atom stereocenters. The highest BCUT2D eigenvalue weighted by molar-refractivity contribution is 6.33. The van der Waals surface area contributed by atoms with E-state index in [1.807, 2.05) is 48.5 Å². The molecule has 0 unspecified atom stereocenters. The van der Waals surface area contributed by atoms with E-state index in [-0.39, 0.29) is 28.8 Å². The lowest BCUT2D eigenvalue weighted by atomic mass is 9.98. The number of rotatable bonds is 7. The predicted molar refractivity (Wildman–Crippen MR) is 126 cm³/mol. The van der Waals surface area contributed by atoms with E-state index >= 15 is 0 Å². The van der Waals surface area contributed by atoms with Crippen molar-refractivity contribution in [3.05, 3.63) is 88.4 Å². The number of benzene rings is 3. The van der Waals surface area contributed by atoms with Gasteiger partial charge in [-0.2, -0.15) is 0 Å².